The van der Waals surface area contributed by atoms with E-state index < -0.39 is 11.2 Å². The van der Waals surface area contributed by atoms with Gasteiger partial charge in [0, 0.05) is 99.2 Å². The number of nitrogens with zero attached hydrogens (tertiary/aromatic N) is 8. The average molecular weight is 1240 g/mol. The van der Waals surface area contributed by atoms with Gasteiger partial charge in [0.05, 0.1) is 24.4 Å². The molecule has 15 nitrogen and oxygen atoms in total. The molecule has 0 radical (unpaired) electrons. The monoisotopic (exact) mass is 1240 g/mol. The van der Waals surface area contributed by atoms with Gasteiger partial charge in [-0.05, 0) is 164 Å². The van der Waals surface area contributed by atoms with Gasteiger partial charge in [-0.1, -0.05) is 97.7 Å². The first-order valence-electron chi connectivity index (χ1n) is 31.5. The van der Waals surface area contributed by atoms with E-state index in [0.29, 0.717) is 26.4 Å². The summed E-state index contributed by atoms with van der Waals surface area (Å²) in [7, 11) is 8.22. The van der Waals surface area contributed by atoms with Crippen molar-refractivity contribution >= 4 is 39.2 Å². The van der Waals surface area contributed by atoms with E-state index in [1.807, 2.05) is 70.4 Å². The van der Waals surface area contributed by atoms with Gasteiger partial charge in [0.15, 0.2) is 5.82 Å². The second-order valence-electron chi connectivity index (χ2n) is 25.7. The fraction of sp³-hybridized carbons (Fsp3) is 0.500. The second-order valence-corrected chi connectivity index (χ2v) is 26.9. The molecule has 2 spiro atoms. The molecule has 5 aromatic carbocycles. The maximum atomic E-state index is 13.1. The van der Waals surface area contributed by atoms with Crippen LogP contribution in [-0.2, 0) is 42.2 Å². The van der Waals surface area contributed by atoms with Crippen LogP contribution in [0, 0.1) is 5.82 Å². The molecule has 0 amide bonds. The van der Waals surface area contributed by atoms with Crippen molar-refractivity contribution in [3.63, 3.8) is 0 Å². The van der Waals surface area contributed by atoms with Crippen LogP contribution in [0.4, 0.5) is 10.2 Å². The quantitative estimate of drug-likeness (QED) is 0.0843. The number of piperidine rings is 2. The van der Waals surface area contributed by atoms with Crippen LogP contribution in [0.3, 0.4) is 0 Å². The Morgan fingerprint density at radius 3 is 1.68 bits per heavy atom. The minimum absolute atomic E-state index is 0.105. The van der Waals surface area contributed by atoms with E-state index >= 15 is 0 Å². The van der Waals surface area contributed by atoms with Crippen LogP contribution in [0.1, 0.15) is 93.5 Å². The third-order valence-electron chi connectivity index (χ3n) is 18.4. The Balaban J connectivity index is 0.000000149. The standard InChI is InChI=1S/C29H42N2O3.C26H35ClN2O3.C15H14FN5S/c1-5-9-23-12-13-26(33-21-24-10-7-6-8-11-24)25(18-23)20-31-16-14-29(15-17-31)19-27(30(3)4)28(2,32)22-34-29;1-25(30)19-32-26(16-24(25)28(2)3)11-13-29(14-12-26)17-21-15-22(27)9-10-23(21)31-18-20-7-5-4-6-8-20;16-11-3-1-10(2-4-11)12-13-14(22-20-12)15(19-9-18-13)21-7-5-17-6-8-21/h6-8,10-13,18,27,32H,5,9,14-17,19-22H2,1-4H3;4-10,15,24,30H,11-14,16-19H2,1-3H3;1-4,9,17H,5-8H2/t27-,28-;24-,25-;/m00./s1. The highest BCUT2D eigenvalue weighted by Crippen LogP contribution is 2.43. The molecule has 3 N–H and O–H groups in total. The zero-order valence-corrected chi connectivity index (χ0v) is 54.2. The van der Waals surface area contributed by atoms with Crippen LogP contribution >= 0.6 is 23.1 Å². The molecule has 0 unspecified atom stereocenters. The van der Waals surface area contributed by atoms with E-state index in [0.717, 1.165) is 172 Å². The highest BCUT2D eigenvalue weighted by molar-refractivity contribution is 7.14. The molecule has 0 bridgehead atoms. The lowest BCUT2D eigenvalue weighted by molar-refractivity contribution is -0.207. The van der Waals surface area contributed by atoms with E-state index in [9.17, 15) is 14.6 Å². The normalized spacial score (nSPS) is 22.9. The van der Waals surface area contributed by atoms with E-state index in [2.05, 4.69) is 120 Å². The molecule has 5 fully saturated rings. The number of anilines is 1. The van der Waals surface area contributed by atoms with Gasteiger partial charge in [-0.15, -0.1) is 0 Å². The molecular formula is C70H91ClFN9O6S. The number of benzene rings is 5. The molecule has 0 aliphatic carbocycles. The van der Waals surface area contributed by atoms with Crippen LogP contribution < -0.4 is 19.7 Å². The first kappa shape index (κ1) is 65.3. The Labute approximate surface area is 529 Å². The van der Waals surface area contributed by atoms with Gasteiger partial charge in [0.2, 0.25) is 0 Å². The van der Waals surface area contributed by atoms with Crippen molar-refractivity contribution in [1.29, 1.82) is 0 Å². The molecule has 7 aromatic rings. The summed E-state index contributed by atoms with van der Waals surface area (Å²) in [5, 5.41) is 25.6. The number of aliphatic hydroxyl groups is 2. The number of halogens is 2. The average Bonchev–Trinajstić information content (AvgIpc) is 1.20. The van der Waals surface area contributed by atoms with Gasteiger partial charge >= 0.3 is 0 Å². The van der Waals surface area contributed by atoms with Crippen molar-refractivity contribution in [2.24, 2.45) is 0 Å². The molecule has 12 rings (SSSR count). The molecule has 18 heteroatoms. The predicted octanol–water partition coefficient (Wildman–Crippen LogP) is 11.3. The summed E-state index contributed by atoms with van der Waals surface area (Å²) in [4.78, 5) is 20.4. The lowest BCUT2D eigenvalue weighted by atomic mass is 9.77. The van der Waals surface area contributed by atoms with Gasteiger partial charge in [0.25, 0.3) is 0 Å². The lowest BCUT2D eigenvalue weighted by Crippen LogP contribution is -2.62. The van der Waals surface area contributed by atoms with Gasteiger partial charge in [-0.2, -0.15) is 4.37 Å². The number of hydrogen-bond acceptors (Lipinski definition) is 16. The Morgan fingerprint density at radius 2 is 1.17 bits per heavy atom. The van der Waals surface area contributed by atoms with Crippen molar-refractivity contribution in [1.82, 2.24) is 39.3 Å². The number of aromatic nitrogens is 3. The largest absolute Gasteiger partial charge is 0.489 e. The fourth-order valence-electron chi connectivity index (χ4n) is 13.2. The molecule has 0 saturated carbocycles. The number of likely N-dealkylation sites (N-methyl/N-ethyl adjacent to an activating group) is 2. The minimum atomic E-state index is -0.808. The second kappa shape index (κ2) is 29.5. The molecule has 5 aliphatic heterocycles. The Bertz CT molecular complexity index is 3320. The fourth-order valence-corrected chi connectivity index (χ4v) is 14.3. The molecule has 7 heterocycles. The first-order chi connectivity index (χ1) is 42.4. The summed E-state index contributed by atoms with van der Waals surface area (Å²) in [5.41, 5.74) is 6.73. The maximum absolute atomic E-state index is 13.1. The summed E-state index contributed by atoms with van der Waals surface area (Å²) in [6.07, 6.45) is 9.51. The zero-order chi connectivity index (χ0) is 61.9. The summed E-state index contributed by atoms with van der Waals surface area (Å²) < 4.78 is 43.7. The highest BCUT2D eigenvalue weighted by atomic mass is 35.5. The summed E-state index contributed by atoms with van der Waals surface area (Å²) >= 11 is 7.72. The van der Waals surface area contributed by atoms with Gasteiger partial charge in [-0.3, -0.25) is 9.80 Å². The molecule has 4 atom stereocenters. The van der Waals surface area contributed by atoms with Crippen LogP contribution in [0.25, 0.3) is 21.5 Å². The number of piperazine rings is 1. The molecule has 88 heavy (non-hydrogen) atoms. The number of fused-ring (bicyclic) bond motifs is 1. The number of likely N-dealkylation sites (tertiary alicyclic amines) is 2. The van der Waals surface area contributed by atoms with Gasteiger partial charge in [-0.25, -0.2) is 14.4 Å². The predicted molar refractivity (Wildman–Crippen MR) is 351 cm³/mol. The van der Waals surface area contributed by atoms with Gasteiger partial charge < -0.3 is 49.2 Å². The van der Waals surface area contributed by atoms with Crippen molar-refractivity contribution in [2.75, 3.05) is 98.7 Å². The Kier molecular flexibility index (Phi) is 21.9. The summed E-state index contributed by atoms with van der Waals surface area (Å²) in [6, 6.07) is 39.7. The zero-order valence-electron chi connectivity index (χ0n) is 52.6. The smallest absolute Gasteiger partial charge is 0.151 e. The Morgan fingerprint density at radius 1 is 0.659 bits per heavy atom. The number of rotatable bonds is 16. The third-order valence-corrected chi connectivity index (χ3v) is 19.5. The Hall–Kier alpha value is -5.67. The van der Waals surface area contributed by atoms with E-state index in [1.54, 1.807) is 18.5 Å². The molecule has 5 aliphatic rings. The molecule has 5 saturated heterocycles. The lowest BCUT2D eigenvalue weighted by Gasteiger charge is -2.52. The van der Waals surface area contributed by atoms with Crippen LogP contribution in [0.15, 0.2) is 128 Å². The topological polar surface area (TPSA) is 144 Å². The molecule has 2 aromatic heterocycles. The first-order valence-corrected chi connectivity index (χ1v) is 32.6. The molecule has 472 valence electrons. The van der Waals surface area contributed by atoms with E-state index in [4.69, 9.17) is 30.5 Å². The van der Waals surface area contributed by atoms with Crippen molar-refractivity contribution < 1.29 is 33.6 Å². The number of hydrogen-bond donors (Lipinski definition) is 3. The van der Waals surface area contributed by atoms with E-state index in [-0.39, 0.29) is 29.1 Å². The SMILES string of the molecule is CCCc1ccc(OCc2ccccc2)c(CN2CCC3(CC2)C[C@H](N(C)C)[C@@](C)(O)CO3)c1.CN(C)[C@H]1CC2(CCN(Cc3cc(Cl)ccc3OCc3ccccc3)CC2)OC[C@]1(C)O.Fc1ccc(-c2nsc3c(N4CCNCC4)ncnc23)cc1. The minimum Gasteiger partial charge on any atom is -0.489 e. The third kappa shape index (κ3) is 16.6. The number of aryl methyl sites for hydroxylation is 1. The number of ether oxygens (including phenoxy) is 4. The summed E-state index contributed by atoms with van der Waals surface area (Å²) in [6.45, 7) is 17.3. The van der Waals surface area contributed by atoms with Crippen molar-refractivity contribution in [3.05, 3.63) is 166 Å². The van der Waals surface area contributed by atoms with Gasteiger partial charge in [0.1, 0.15) is 64.0 Å². The number of nitrogens with one attached hydrogen (secondary N) is 1. The van der Waals surface area contributed by atoms with Crippen LogP contribution in [0.2, 0.25) is 5.02 Å². The van der Waals surface area contributed by atoms with Crippen LogP contribution in [-0.4, -0.2) is 172 Å². The van der Waals surface area contributed by atoms with Crippen molar-refractivity contribution in [3.8, 4) is 22.8 Å². The highest BCUT2D eigenvalue weighted by Gasteiger charge is 2.50. The van der Waals surface area contributed by atoms with Crippen molar-refractivity contribution in [2.45, 2.75) is 133 Å². The van der Waals surface area contributed by atoms with Crippen LogP contribution in [0.5, 0.6) is 11.5 Å². The van der Waals surface area contributed by atoms with E-state index in [1.165, 1.54) is 40.4 Å². The maximum Gasteiger partial charge on any atom is 0.151 e. The summed E-state index contributed by atoms with van der Waals surface area (Å²) in [5.74, 6) is 2.56. The molecular weight excluding hydrogens is 1150 g/mol.